The van der Waals surface area contributed by atoms with Crippen LogP contribution < -0.4 is 5.73 Å². The molecule has 0 saturated carbocycles. The van der Waals surface area contributed by atoms with E-state index in [0.717, 1.165) is 32.3 Å². The van der Waals surface area contributed by atoms with Crippen LogP contribution in [0.2, 0.25) is 0 Å². The van der Waals surface area contributed by atoms with Crippen LogP contribution in [0.4, 0.5) is 0 Å². The Balaban J connectivity index is 1.74. The molecule has 0 aliphatic heterocycles. The second kappa shape index (κ2) is 6.43. The van der Waals surface area contributed by atoms with Gasteiger partial charge in [0.05, 0.1) is 19.8 Å². The number of nitrogens with two attached hydrogens (primary N) is 1. The Morgan fingerprint density at radius 2 is 1.76 bits per heavy atom. The van der Waals surface area contributed by atoms with Crippen molar-refractivity contribution >= 4 is 26.9 Å². The summed E-state index contributed by atoms with van der Waals surface area (Å²) in [5.74, 6) is 0.798. The summed E-state index contributed by atoms with van der Waals surface area (Å²) in [6.07, 6.45) is 0. The fraction of sp³-hybridized carbons (Fsp3) is 0.176. The van der Waals surface area contributed by atoms with E-state index in [1.807, 2.05) is 48.5 Å². The van der Waals surface area contributed by atoms with E-state index in [2.05, 4.69) is 15.9 Å². The lowest BCUT2D eigenvalue weighted by atomic mass is 10.1. The van der Waals surface area contributed by atoms with Gasteiger partial charge >= 0.3 is 0 Å². The molecule has 0 bridgehead atoms. The highest BCUT2D eigenvalue weighted by atomic mass is 79.9. The molecule has 0 aliphatic rings. The van der Waals surface area contributed by atoms with Gasteiger partial charge in [-0.1, -0.05) is 46.3 Å². The third-order valence-electron chi connectivity index (χ3n) is 3.40. The lowest BCUT2D eigenvalue weighted by Crippen LogP contribution is -2.01. The summed E-state index contributed by atoms with van der Waals surface area (Å²) >= 11 is 3.42. The molecule has 0 saturated heterocycles. The first-order valence-electron chi connectivity index (χ1n) is 6.79. The molecule has 0 spiro atoms. The lowest BCUT2D eigenvalue weighted by molar-refractivity contribution is 0.106. The fourth-order valence-corrected chi connectivity index (χ4v) is 2.59. The second-order valence-corrected chi connectivity index (χ2v) is 5.74. The van der Waals surface area contributed by atoms with Gasteiger partial charge in [0.25, 0.3) is 0 Å². The van der Waals surface area contributed by atoms with Gasteiger partial charge in [0.2, 0.25) is 0 Å². The van der Waals surface area contributed by atoms with Gasteiger partial charge in [0, 0.05) is 15.4 Å². The molecule has 2 aromatic carbocycles. The molecule has 2 N–H and O–H groups in total. The molecule has 21 heavy (non-hydrogen) atoms. The molecule has 3 aromatic rings. The predicted octanol–water partition coefficient (Wildman–Crippen LogP) is 4.37. The Morgan fingerprint density at radius 1 is 1.00 bits per heavy atom. The highest BCUT2D eigenvalue weighted by molar-refractivity contribution is 9.10. The maximum Gasteiger partial charge on any atom is 0.134 e. The van der Waals surface area contributed by atoms with E-state index in [9.17, 15) is 0 Å². The number of hydrogen-bond acceptors (Lipinski definition) is 3. The number of furan rings is 1. The molecule has 1 heterocycles. The summed E-state index contributed by atoms with van der Waals surface area (Å²) in [6, 6.07) is 16.1. The highest BCUT2D eigenvalue weighted by Gasteiger charge is 2.12. The smallest absolute Gasteiger partial charge is 0.134 e. The van der Waals surface area contributed by atoms with Gasteiger partial charge in [-0.15, -0.1) is 0 Å². The zero-order valence-corrected chi connectivity index (χ0v) is 13.1. The molecule has 3 nitrogen and oxygen atoms in total. The van der Waals surface area contributed by atoms with Gasteiger partial charge in [0.15, 0.2) is 0 Å². The minimum absolute atomic E-state index is 0.381. The average Bonchev–Trinajstić information content (AvgIpc) is 2.87. The van der Waals surface area contributed by atoms with Crippen LogP contribution in [-0.2, 0) is 24.5 Å². The summed E-state index contributed by atoms with van der Waals surface area (Å²) < 4.78 is 12.6. The fourth-order valence-electron chi connectivity index (χ4n) is 2.32. The quantitative estimate of drug-likeness (QED) is 0.746. The van der Waals surface area contributed by atoms with E-state index in [1.165, 1.54) is 0 Å². The zero-order chi connectivity index (χ0) is 14.7. The summed E-state index contributed by atoms with van der Waals surface area (Å²) in [4.78, 5) is 0. The predicted molar refractivity (Wildman–Crippen MR) is 86.7 cm³/mol. The normalized spacial score (nSPS) is 11.1. The second-order valence-electron chi connectivity index (χ2n) is 4.82. The van der Waals surface area contributed by atoms with Crippen LogP contribution in [-0.4, -0.2) is 0 Å². The first-order chi connectivity index (χ1) is 10.3. The van der Waals surface area contributed by atoms with Crippen molar-refractivity contribution in [3.05, 3.63) is 69.9 Å². The molecule has 0 fully saturated rings. The van der Waals surface area contributed by atoms with Crippen molar-refractivity contribution in [3.63, 3.8) is 0 Å². The molecular formula is C17H16BrNO2. The van der Waals surface area contributed by atoms with Crippen LogP contribution >= 0.6 is 15.9 Å². The average molecular weight is 346 g/mol. The van der Waals surface area contributed by atoms with Crippen molar-refractivity contribution < 1.29 is 9.15 Å². The monoisotopic (exact) mass is 345 g/mol. The summed E-state index contributed by atoms with van der Waals surface area (Å²) in [6.45, 7) is 1.45. The summed E-state index contributed by atoms with van der Waals surface area (Å²) in [5, 5.41) is 1.08. The van der Waals surface area contributed by atoms with Gasteiger partial charge in [-0.25, -0.2) is 0 Å². The molecular weight excluding hydrogens is 330 g/mol. The van der Waals surface area contributed by atoms with Crippen molar-refractivity contribution in [2.24, 2.45) is 5.73 Å². The third kappa shape index (κ3) is 3.18. The summed E-state index contributed by atoms with van der Waals surface area (Å²) in [7, 11) is 0. The Hall–Kier alpha value is -1.62. The topological polar surface area (TPSA) is 48.4 Å². The minimum atomic E-state index is 0.381. The number of hydrogen-bond donors (Lipinski definition) is 1. The van der Waals surface area contributed by atoms with Crippen LogP contribution in [0, 0.1) is 0 Å². The van der Waals surface area contributed by atoms with Gasteiger partial charge in [-0.05, 0) is 23.8 Å². The first kappa shape index (κ1) is 14.3. The minimum Gasteiger partial charge on any atom is -0.459 e. The molecule has 0 atom stereocenters. The number of benzene rings is 2. The van der Waals surface area contributed by atoms with Crippen molar-refractivity contribution in [2.75, 3.05) is 0 Å². The van der Waals surface area contributed by atoms with Gasteiger partial charge < -0.3 is 14.9 Å². The molecule has 3 rings (SSSR count). The number of halogens is 1. The van der Waals surface area contributed by atoms with Crippen molar-refractivity contribution in [3.8, 4) is 0 Å². The molecule has 108 valence electrons. The number of para-hydroxylation sites is 1. The zero-order valence-electron chi connectivity index (χ0n) is 11.5. The van der Waals surface area contributed by atoms with E-state index in [4.69, 9.17) is 14.9 Å². The van der Waals surface area contributed by atoms with E-state index in [0.29, 0.717) is 19.8 Å². The van der Waals surface area contributed by atoms with Crippen LogP contribution in [0.1, 0.15) is 16.9 Å². The van der Waals surface area contributed by atoms with E-state index < -0.39 is 0 Å². The van der Waals surface area contributed by atoms with Crippen LogP contribution in [0.25, 0.3) is 11.0 Å². The van der Waals surface area contributed by atoms with Gasteiger partial charge in [-0.3, -0.25) is 0 Å². The van der Waals surface area contributed by atoms with Crippen molar-refractivity contribution in [1.82, 2.24) is 0 Å². The SMILES string of the molecule is NCc1oc2ccccc2c1COCc1ccc(Br)cc1. The number of fused-ring (bicyclic) bond motifs is 1. The maximum atomic E-state index is 5.82. The van der Waals surface area contributed by atoms with Gasteiger partial charge in [0.1, 0.15) is 11.3 Å². The number of rotatable bonds is 5. The molecule has 1 aromatic heterocycles. The molecule has 0 unspecified atom stereocenters. The Labute approximate surface area is 131 Å². The number of ether oxygens (including phenoxy) is 1. The van der Waals surface area contributed by atoms with Crippen LogP contribution in [0.15, 0.2) is 57.4 Å². The molecule has 0 amide bonds. The molecule has 4 heteroatoms. The van der Waals surface area contributed by atoms with Gasteiger partial charge in [-0.2, -0.15) is 0 Å². The van der Waals surface area contributed by atoms with Crippen LogP contribution in [0.5, 0.6) is 0 Å². The van der Waals surface area contributed by atoms with E-state index in [1.54, 1.807) is 0 Å². The van der Waals surface area contributed by atoms with E-state index in [-0.39, 0.29) is 0 Å². The standard InChI is InChI=1S/C17H16BrNO2/c18-13-7-5-12(6-8-13)10-20-11-15-14-3-1-2-4-16(14)21-17(15)9-19/h1-8H,9-11,19H2. The molecule has 0 radical (unpaired) electrons. The van der Waals surface area contributed by atoms with Crippen molar-refractivity contribution in [2.45, 2.75) is 19.8 Å². The maximum absolute atomic E-state index is 5.82. The lowest BCUT2D eigenvalue weighted by Gasteiger charge is -2.05. The highest BCUT2D eigenvalue weighted by Crippen LogP contribution is 2.26. The Kier molecular flexibility index (Phi) is 4.39. The van der Waals surface area contributed by atoms with E-state index >= 15 is 0 Å². The largest absolute Gasteiger partial charge is 0.459 e. The Morgan fingerprint density at radius 3 is 2.52 bits per heavy atom. The molecule has 0 aliphatic carbocycles. The third-order valence-corrected chi connectivity index (χ3v) is 3.92. The summed E-state index contributed by atoms with van der Waals surface area (Å²) in [5.41, 5.74) is 8.81. The van der Waals surface area contributed by atoms with Crippen molar-refractivity contribution in [1.29, 1.82) is 0 Å². The van der Waals surface area contributed by atoms with Crippen LogP contribution in [0.3, 0.4) is 0 Å². The Bertz CT molecular complexity index is 734. The first-order valence-corrected chi connectivity index (χ1v) is 7.59.